The smallest absolute Gasteiger partial charge is 0.355 e. The maximum absolute atomic E-state index is 12.3. The molecule has 0 aliphatic heterocycles. The second-order valence-corrected chi connectivity index (χ2v) is 3.66. The molecule has 1 rings (SSSR count). The van der Waals surface area contributed by atoms with Crippen LogP contribution in [0.15, 0.2) is 22.7 Å². The minimum absolute atomic E-state index is 0.0635. The average molecular weight is 282 g/mol. The van der Waals surface area contributed by atoms with Gasteiger partial charge in [-0.25, -0.2) is 0 Å². The van der Waals surface area contributed by atoms with Crippen LogP contribution in [0.2, 0.25) is 0 Å². The number of halogens is 4. The molecule has 0 saturated heterocycles. The van der Waals surface area contributed by atoms with E-state index in [-0.39, 0.29) is 6.54 Å². The summed E-state index contributed by atoms with van der Waals surface area (Å²) in [5, 5.41) is 2.31. The van der Waals surface area contributed by atoms with Gasteiger partial charge in [0.05, 0.1) is 5.56 Å². The van der Waals surface area contributed by atoms with E-state index >= 15 is 0 Å². The van der Waals surface area contributed by atoms with Gasteiger partial charge in [0.25, 0.3) is 0 Å². The fraction of sp³-hybridized carbons (Fsp3) is 0.222. The van der Waals surface area contributed by atoms with Crippen molar-refractivity contribution in [1.82, 2.24) is 5.32 Å². The SMILES string of the molecule is O=CNCc1cc(C(F)(F)F)ccc1Br. The zero-order valence-corrected chi connectivity index (χ0v) is 9.02. The Labute approximate surface area is 92.6 Å². The molecule has 1 amide bonds. The first-order chi connectivity index (χ1) is 6.95. The van der Waals surface area contributed by atoms with Crippen molar-refractivity contribution >= 4 is 22.3 Å². The van der Waals surface area contributed by atoms with E-state index in [2.05, 4.69) is 21.2 Å². The van der Waals surface area contributed by atoms with Gasteiger partial charge in [-0.15, -0.1) is 0 Å². The van der Waals surface area contributed by atoms with Crippen LogP contribution >= 0.6 is 15.9 Å². The van der Waals surface area contributed by atoms with Crippen molar-refractivity contribution < 1.29 is 18.0 Å². The molecule has 82 valence electrons. The number of carbonyl (C=O) groups is 1. The van der Waals surface area contributed by atoms with Crippen LogP contribution < -0.4 is 5.32 Å². The fourth-order valence-electron chi connectivity index (χ4n) is 1.04. The zero-order chi connectivity index (χ0) is 11.5. The molecule has 0 aliphatic carbocycles. The third-order valence-electron chi connectivity index (χ3n) is 1.75. The van der Waals surface area contributed by atoms with E-state index in [4.69, 9.17) is 0 Å². The van der Waals surface area contributed by atoms with Crippen molar-refractivity contribution in [2.45, 2.75) is 12.7 Å². The van der Waals surface area contributed by atoms with Crippen LogP contribution in [0.25, 0.3) is 0 Å². The summed E-state index contributed by atoms with van der Waals surface area (Å²) in [6.07, 6.45) is -3.93. The number of amides is 1. The molecule has 15 heavy (non-hydrogen) atoms. The lowest BCUT2D eigenvalue weighted by Crippen LogP contribution is -2.12. The number of nitrogens with one attached hydrogen (secondary N) is 1. The number of alkyl halides is 3. The summed E-state index contributed by atoms with van der Waals surface area (Å²) in [4.78, 5) is 10.0. The number of hydrogen-bond acceptors (Lipinski definition) is 1. The molecule has 0 fully saturated rings. The van der Waals surface area contributed by atoms with Gasteiger partial charge in [-0.05, 0) is 23.8 Å². The van der Waals surface area contributed by atoms with E-state index < -0.39 is 11.7 Å². The highest BCUT2D eigenvalue weighted by Crippen LogP contribution is 2.31. The summed E-state index contributed by atoms with van der Waals surface area (Å²) in [7, 11) is 0. The van der Waals surface area contributed by atoms with Crippen LogP contribution in [0, 0.1) is 0 Å². The molecule has 0 heterocycles. The van der Waals surface area contributed by atoms with E-state index in [1.807, 2.05) is 0 Å². The maximum Gasteiger partial charge on any atom is 0.416 e. The minimum Gasteiger partial charge on any atom is -0.355 e. The molecule has 0 aromatic heterocycles. The first-order valence-corrected chi connectivity index (χ1v) is 4.77. The molecule has 0 saturated carbocycles. The number of benzene rings is 1. The summed E-state index contributed by atoms with van der Waals surface area (Å²) in [5.74, 6) is 0. The molecule has 0 unspecified atom stereocenters. The average Bonchev–Trinajstić information content (AvgIpc) is 2.15. The molecule has 0 bridgehead atoms. The largest absolute Gasteiger partial charge is 0.416 e. The molecular weight excluding hydrogens is 275 g/mol. The van der Waals surface area contributed by atoms with Crippen molar-refractivity contribution in [3.63, 3.8) is 0 Å². The quantitative estimate of drug-likeness (QED) is 0.848. The number of rotatable bonds is 3. The normalized spacial score (nSPS) is 11.2. The van der Waals surface area contributed by atoms with Crippen molar-refractivity contribution in [2.75, 3.05) is 0 Å². The molecular formula is C9H7BrF3NO. The lowest BCUT2D eigenvalue weighted by molar-refractivity contribution is -0.137. The number of carbonyl (C=O) groups excluding carboxylic acids is 1. The molecule has 0 atom stereocenters. The predicted molar refractivity (Wildman–Crippen MR) is 52.0 cm³/mol. The summed E-state index contributed by atoms with van der Waals surface area (Å²) in [5.41, 5.74) is -0.342. The van der Waals surface area contributed by atoms with Gasteiger partial charge in [-0.2, -0.15) is 13.2 Å². The monoisotopic (exact) mass is 281 g/mol. The molecule has 6 heteroatoms. The molecule has 2 nitrogen and oxygen atoms in total. The highest BCUT2D eigenvalue weighted by molar-refractivity contribution is 9.10. The first-order valence-electron chi connectivity index (χ1n) is 3.98. The molecule has 0 spiro atoms. The standard InChI is InChI=1S/C9H7BrF3NO/c10-8-2-1-7(9(11,12)13)3-6(8)4-14-5-15/h1-3,5H,4H2,(H,14,15). The molecule has 0 aliphatic rings. The molecule has 1 aromatic carbocycles. The highest BCUT2D eigenvalue weighted by Gasteiger charge is 2.30. The summed E-state index contributed by atoms with van der Waals surface area (Å²) >= 11 is 3.10. The van der Waals surface area contributed by atoms with Crippen LogP contribution in [-0.2, 0) is 17.5 Å². The Hall–Kier alpha value is -1.04. The van der Waals surface area contributed by atoms with E-state index in [0.29, 0.717) is 16.4 Å². The molecule has 1 N–H and O–H groups in total. The minimum atomic E-state index is -4.36. The number of hydrogen-bond donors (Lipinski definition) is 1. The van der Waals surface area contributed by atoms with Gasteiger partial charge in [0, 0.05) is 11.0 Å². The van der Waals surface area contributed by atoms with Gasteiger partial charge >= 0.3 is 6.18 Å². The first kappa shape index (κ1) is 12.0. The Balaban J connectivity index is 3.00. The molecule has 0 radical (unpaired) electrons. The van der Waals surface area contributed by atoms with E-state index in [1.165, 1.54) is 6.07 Å². The van der Waals surface area contributed by atoms with Gasteiger partial charge in [-0.3, -0.25) is 4.79 Å². The Morgan fingerprint density at radius 2 is 2.07 bits per heavy atom. The lowest BCUT2D eigenvalue weighted by atomic mass is 10.1. The van der Waals surface area contributed by atoms with Crippen molar-refractivity contribution in [2.24, 2.45) is 0 Å². The molecule has 1 aromatic rings. The van der Waals surface area contributed by atoms with E-state index in [1.54, 1.807) is 0 Å². The fourth-order valence-corrected chi connectivity index (χ4v) is 1.42. The maximum atomic E-state index is 12.3. The second-order valence-electron chi connectivity index (χ2n) is 2.80. The lowest BCUT2D eigenvalue weighted by Gasteiger charge is -2.10. The summed E-state index contributed by atoms with van der Waals surface area (Å²) in [6.45, 7) is 0.0635. The topological polar surface area (TPSA) is 29.1 Å². The van der Waals surface area contributed by atoms with Crippen molar-refractivity contribution in [3.05, 3.63) is 33.8 Å². The third-order valence-corrected chi connectivity index (χ3v) is 2.52. The Bertz CT molecular complexity index is 365. The van der Waals surface area contributed by atoms with Crippen molar-refractivity contribution in [3.8, 4) is 0 Å². The second kappa shape index (κ2) is 4.65. The zero-order valence-electron chi connectivity index (χ0n) is 7.44. The Morgan fingerprint density at radius 3 is 2.60 bits per heavy atom. The van der Waals surface area contributed by atoms with E-state index in [9.17, 15) is 18.0 Å². The van der Waals surface area contributed by atoms with Gasteiger partial charge in [-0.1, -0.05) is 15.9 Å². The Morgan fingerprint density at radius 1 is 1.40 bits per heavy atom. The third kappa shape index (κ3) is 3.23. The predicted octanol–water partition coefficient (Wildman–Crippen LogP) is 2.71. The van der Waals surface area contributed by atoms with Crippen LogP contribution in [0.4, 0.5) is 13.2 Å². The van der Waals surface area contributed by atoms with Gasteiger partial charge in [0.1, 0.15) is 0 Å². The van der Waals surface area contributed by atoms with Crippen molar-refractivity contribution in [1.29, 1.82) is 0 Å². The van der Waals surface area contributed by atoms with Gasteiger partial charge < -0.3 is 5.32 Å². The van der Waals surface area contributed by atoms with Crippen LogP contribution in [0.5, 0.6) is 0 Å². The van der Waals surface area contributed by atoms with Gasteiger partial charge in [0.2, 0.25) is 6.41 Å². The van der Waals surface area contributed by atoms with Crippen LogP contribution in [0.3, 0.4) is 0 Å². The van der Waals surface area contributed by atoms with Crippen LogP contribution in [0.1, 0.15) is 11.1 Å². The van der Waals surface area contributed by atoms with Crippen LogP contribution in [-0.4, -0.2) is 6.41 Å². The summed E-state index contributed by atoms with van der Waals surface area (Å²) < 4.78 is 37.5. The summed E-state index contributed by atoms with van der Waals surface area (Å²) in [6, 6.07) is 3.29. The van der Waals surface area contributed by atoms with E-state index in [0.717, 1.165) is 12.1 Å². The van der Waals surface area contributed by atoms with Gasteiger partial charge in [0.15, 0.2) is 0 Å². The Kier molecular flexibility index (Phi) is 3.73. The highest BCUT2D eigenvalue weighted by atomic mass is 79.9.